The Balaban J connectivity index is 2.70. The van der Waals surface area contributed by atoms with Gasteiger partial charge in [0, 0.05) is 26.1 Å². The fourth-order valence-corrected chi connectivity index (χ4v) is 2.26. The van der Waals surface area contributed by atoms with Crippen molar-refractivity contribution in [3.63, 3.8) is 0 Å². The molecule has 2 unspecified atom stereocenters. The van der Waals surface area contributed by atoms with Crippen molar-refractivity contribution >= 4 is 11.9 Å². The van der Waals surface area contributed by atoms with Crippen LogP contribution in [0.15, 0.2) is 18.2 Å². The molecule has 1 aromatic rings. The minimum Gasteiger partial charge on any atom is -0.493 e. The number of carbonyl (C=O) groups is 2. The molecular formula is C17H25NO6. The Morgan fingerprint density at radius 3 is 2.38 bits per heavy atom. The first-order valence-corrected chi connectivity index (χ1v) is 7.65. The largest absolute Gasteiger partial charge is 0.493 e. The van der Waals surface area contributed by atoms with Crippen LogP contribution in [0.1, 0.15) is 18.9 Å². The molecule has 0 aliphatic carbocycles. The van der Waals surface area contributed by atoms with Crippen molar-refractivity contribution in [3.8, 4) is 11.5 Å². The molecule has 0 spiro atoms. The first kappa shape index (κ1) is 19.8. The average molecular weight is 339 g/mol. The van der Waals surface area contributed by atoms with Crippen LogP contribution >= 0.6 is 0 Å². The highest BCUT2D eigenvalue weighted by Crippen LogP contribution is 2.28. The molecule has 7 heteroatoms. The number of benzene rings is 1. The fraction of sp³-hybridized carbons (Fsp3) is 0.529. The van der Waals surface area contributed by atoms with Gasteiger partial charge in [-0.2, -0.15) is 0 Å². The van der Waals surface area contributed by atoms with Gasteiger partial charge in [-0.3, -0.25) is 4.79 Å². The van der Waals surface area contributed by atoms with Gasteiger partial charge in [-0.1, -0.05) is 13.0 Å². The van der Waals surface area contributed by atoms with Crippen molar-refractivity contribution in [2.24, 2.45) is 5.92 Å². The van der Waals surface area contributed by atoms with Crippen LogP contribution in [0.2, 0.25) is 0 Å². The molecule has 7 nitrogen and oxygen atoms in total. The Morgan fingerprint density at radius 2 is 1.83 bits per heavy atom. The van der Waals surface area contributed by atoms with Crippen molar-refractivity contribution in [3.05, 3.63) is 23.8 Å². The summed E-state index contributed by atoms with van der Waals surface area (Å²) in [6, 6.07) is 4.48. The van der Waals surface area contributed by atoms with Gasteiger partial charge in [-0.15, -0.1) is 0 Å². The highest BCUT2D eigenvalue weighted by Gasteiger charge is 2.23. The summed E-state index contributed by atoms with van der Waals surface area (Å²) in [6.45, 7) is 2.02. The molecule has 0 aliphatic rings. The van der Waals surface area contributed by atoms with Crippen molar-refractivity contribution in [1.82, 2.24) is 5.32 Å². The number of aliphatic carboxylic acids is 1. The molecule has 1 rings (SSSR count). The molecule has 0 bridgehead atoms. The summed E-state index contributed by atoms with van der Waals surface area (Å²) in [5.74, 6) is -0.561. The van der Waals surface area contributed by atoms with Gasteiger partial charge >= 0.3 is 5.97 Å². The number of rotatable bonds is 10. The summed E-state index contributed by atoms with van der Waals surface area (Å²) in [5, 5.41) is 11.7. The second-order valence-electron chi connectivity index (χ2n) is 5.48. The lowest BCUT2D eigenvalue weighted by molar-refractivity contribution is -0.142. The SMILES string of the molecule is COCCC(NC(=O)C(C)Cc1ccc(OC)c(OC)c1)C(=O)O. The third-order valence-electron chi connectivity index (χ3n) is 3.66. The first-order valence-electron chi connectivity index (χ1n) is 7.65. The van der Waals surface area contributed by atoms with Crippen molar-refractivity contribution in [1.29, 1.82) is 0 Å². The first-order chi connectivity index (χ1) is 11.4. The van der Waals surface area contributed by atoms with E-state index in [1.807, 2.05) is 12.1 Å². The smallest absolute Gasteiger partial charge is 0.326 e. The zero-order valence-corrected chi connectivity index (χ0v) is 14.5. The summed E-state index contributed by atoms with van der Waals surface area (Å²) >= 11 is 0. The van der Waals surface area contributed by atoms with Crippen LogP contribution in [0.4, 0.5) is 0 Å². The number of nitrogens with one attached hydrogen (secondary N) is 1. The number of carbonyl (C=O) groups excluding carboxylic acids is 1. The summed E-state index contributed by atoms with van der Waals surface area (Å²) < 4.78 is 15.3. The third kappa shape index (κ3) is 5.73. The third-order valence-corrected chi connectivity index (χ3v) is 3.66. The number of hydrogen-bond acceptors (Lipinski definition) is 5. The van der Waals surface area contributed by atoms with Crippen molar-refractivity contribution < 1.29 is 28.9 Å². The lowest BCUT2D eigenvalue weighted by Crippen LogP contribution is -2.44. The van der Waals surface area contributed by atoms with E-state index in [1.165, 1.54) is 7.11 Å². The van der Waals surface area contributed by atoms with E-state index in [-0.39, 0.29) is 24.9 Å². The minimum absolute atomic E-state index is 0.223. The minimum atomic E-state index is -1.07. The van der Waals surface area contributed by atoms with E-state index >= 15 is 0 Å². The zero-order valence-electron chi connectivity index (χ0n) is 14.5. The van der Waals surface area contributed by atoms with Gasteiger partial charge in [0.25, 0.3) is 0 Å². The highest BCUT2D eigenvalue weighted by molar-refractivity contribution is 5.84. The molecule has 0 saturated carbocycles. The summed E-state index contributed by atoms with van der Waals surface area (Å²) in [7, 11) is 4.59. The standard InChI is InChI=1S/C17H25NO6/c1-11(16(19)18-13(17(20)21)7-8-22-2)9-12-5-6-14(23-3)15(10-12)24-4/h5-6,10-11,13H,7-9H2,1-4H3,(H,18,19)(H,20,21). The zero-order chi connectivity index (χ0) is 18.1. The van der Waals surface area contributed by atoms with E-state index in [1.54, 1.807) is 27.2 Å². The molecule has 0 fully saturated rings. The number of amides is 1. The van der Waals surface area contributed by atoms with E-state index in [2.05, 4.69) is 5.32 Å². The van der Waals surface area contributed by atoms with Crippen LogP contribution in [0.3, 0.4) is 0 Å². The topological polar surface area (TPSA) is 94.1 Å². The normalized spacial score (nSPS) is 13.0. The highest BCUT2D eigenvalue weighted by atomic mass is 16.5. The van der Waals surface area contributed by atoms with Gasteiger partial charge < -0.3 is 24.6 Å². The Hall–Kier alpha value is -2.28. The number of carboxylic acids is 1. The Kier molecular flexibility index (Phi) is 8.05. The number of hydrogen-bond donors (Lipinski definition) is 2. The van der Waals surface area contributed by atoms with Crippen LogP contribution in [0, 0.1) is 5.92 Å². The van der Waals surface area contributed by atoms with Gasteiger partial charge in [0.15, 0.2) is 11.5 Å². The summed E-state index contributed by atoms with van der Waals surface area (Å²) in [5.41, 5.74) is 0.902. The van der Waals surface area contributed by atoms with Gasteiger partial charge in [0.1, 0.15) is 6.04 Å². The number of carboxylic acid groups (broad SMARTS) is 1. The molecule has 2 N–H and O–H groups in total. The molecular weight excluding hydrogens is 314 g/mol. The quantitative estimate of drug-likeness (QED) is 0.671. The molecule has 1 amide bonds. The molecule has 24 heavy (non-hydrogen) atoms. The van der Waals surface area contributed by atoms with E-state index < -0.39 is 12.0 Å². The molecule has 0 radical (unpaired) electrons. The van der Waals surface area contributed by atoms with Gasteiger partial charge in [0.05, 0.1) is 14.2 Å². The Bertz CT molecular complexity index is 560. The molecule has 0 aromatic heterocycles. The molecule has 0 aliphatic heterocycles. The van der Waals surface area contributed by atoms with Crippen LogP contribution in [0.25, 0.3) is 0 Å². The van der Waals surface area contributed by atoms with Crippen LogP contribution in [-0.2, 0) is 20.7 Å². The van der Waals surface area contributed by atoms with Crippen LogP contribution in [-0.4, -0.2) is 51.0 Å². The van der Waals surface area contributed by atoms with Gasteiger partial charge in [-0.05, 0) is 24.1 Å². The Morgan fingerprint density at radius 1 is 1.17 bits per heavy atom. The maximum atomic E-state index is 12.2. The van der Waals surface area contributed by atoms with Crippen LogP contribution in [0.5, 0.6) is 11.5 Å². The van der Waals surface area contributed by atoms with Crippen molar-refractivity contribution in [2.75, 3.05) is 27.9 Å². The van der Waals surface area contributed by atoms with E-state index in [0.717, 1.165) is 5.56 Å². The second kappa shape index (κ2) is 9.77. The molecule has 0 saturated heterocycles. The lowest BCUT2D eigenvalue weighted by Gasteiger charge is -2.18. The van der Waals surface area contributed by atoms with E-state index in [9.17, 15) is 9.59 Å². The number of methoxy groups -OCH3 is 3. The van der Waals surface area contributed by atoms with Gasteiger partial charge in [-0.25, -0.2) is 4.79 Å². The number of ether oxygens (including phenoxy) is 3. The maximum Gasteiger partial charge on any atom is 0.326 e. The average Bonchev–Trinajstić information content (AvgIpc) is 2.57. The summed E-state index contributed by atoms with van der Waals surface area (Å²) in [6.07, 6.45) is 0.684. The predicted molar refractivity (Wildman–Crippen MR) is 88.5 cm³/mol. The van der Waals surface area contributed by atoms with Gasteiger partial charge in [0.2, 0.25) is 5.91 Å². The van der Waals surface area contributed by atoms with Crippen LogP contribution < -0.4 is 14.8 Å². The Labute approximate surface area is 141 Å². The predicted octanol–water partition coefficient (Wildman–Crippen LogP) is 1.49. The fourth-order valence-electron chi connectivity index (χ4n) is 2.26. The van der Waals surface area contributed by atoms with Crippen molar-refractivity contribution in [2.45, 2.75) is 25.8 Å². The molecule has 0 heterocycles. The summed E-state index contributed by atoms with van der Waals surface area (Å²) in [4.78, 5) is 23.4. The molecule has 1 aromatic carbocycles. The lowest BCUT2D eigenvalue weighted by atomic mass is 9.99. The molecule has 2 atom stereocenters. The molecule has 134 valence electrons. The van der Waals surface area contributed by atoms with E-state index in [0.29, 0.717) is 17.9 Å². The maximum absolute atomic E-state index is 12.2. The second-order valence-corrected chi connectivity index (χ2v) is 5.48. The monoisotopic (exact) mass is 339 g/mol. The van der Waals surface area contributed by atoms with E-state index in [4.69, 9.17) is 19.3 Å².